The molecule has 0 radical (unpaired) electrons. The quantitative estimate of drug-likeness (QED) is 0.470. The minimum atomic E-state index is -0.492. The van der Waals surface area contributed by atoms with Crippen LogP contribution in [0.15, 0.2) is 71.4 Å². The Balaban J connectivity index is 1.79. The van der Waals surface area contributed by atoms with Gasteiger partial charge in [0.25, 0.3) is 5.91 Å². The Morgan fingerprint density at radius 3 is 2.40 bits per heavy atom. The molecule has 0 atom stereocenters. The highest BCUT2D eigenvalue weighted by Gasteiger charge is 2.36. The van der Waals surface area contributed by atoms with Crippen LogP contribution in [0.4, 0.5) is 0 Å². The van der Waals surface area contributed by atoms with Crippen molar-refractivity contribution in [3.63, 3.8) is 0 Å². The smallest absolute Gasteiger partial charge is 0.340 e. The zero-order chi connectivity index (χ0) is 21.5. The summed E-state index contributed by atoms with van der Waals surface area (Å²) in [5.74, 6) is 0.0860. The van der Waals surface area contributed by atoms with Gasteiger partial charge in [-0.2, -0.15) is 0 Å². The van der Waals surface area contributed by atoms with Gasteiger partial charge in [0, 0.05) is 12.2 Å². The van der Waals surface area contributed by atoms with E-state index in [0.717, 1.165) is 29.7 Å². The summed E-state index contributed by atoms with van der Waals surface area (Å²) in [5, 5.41) is 0. The Morgan fingerprint density at radius 2 is 1.77 bits per heavy atom. The summed E-state index contributed by atoms with van der Waals surface area (Å²) >= 11 is 0. The largest absolute Gasteiger partial charge is 0.489 e. The average Bonchev–Trinajstić information content (AvgIpc) is 3.01. The number of nitrogens with zero attached hydrogens (tertiary/aromatic N) is 1. The molecule has 0 fully saturated rings. The lowest BCUT2D eigenvalue weighted by atomic mass is 10.0. The van der Waals surface area contributed by atoms with Gasteiger partial charge in [-0.25, -0.2) is 4.79 Å². The van der Waals surface area contributed by atoms with Gasteiger partial charge in [-0.3, -0.25) is 4.79 Å². The Hall–Kier alpha value is -3.34. The lowest BCUT2D eigenvalue weighted by molar-refractivity contribution is -0.136. The van der Waals surface area contributed by atoms with E-state index in [1.807, 2.05) is 54.6 Å². The van der Waals surface area contributed by atoms with Gasteiger partial charge in [0.05, 0.1) is 18.3 Å². The predicted molar refractivity (Wildman–Crippen MR) is 117 cm³/mol. The maximum absolute atomic E-state index is 13.0. The van der Waals surface area contributed by atoms with Crippen molar-refractivity contribution in [2.45, 2.75) is 33.3 Å². The summed E-state index contributed by atoms with van der Waals surface area (Å²) < 4.78 is 10.7. The summed E-state index contributed by atoms with van der Waals surface area (Å²) in [7, 11) is 1.33. The molecule has 1 heterocycles. The third-order valence-corrected chi connectivity index (χ3v) is 5.08. The number of rotatable bonds is 8. The number of esters is 1. The number of benzene rings is 2. The minimum Gasteiger partial charge on any atom is -0.489 e. The highest BCUT2D eigenvalue weighted by Crippen LogP contribution is 2.32. The fourth-order valence-electron chi connectivity index (χ4n) is 3.38. The Kier molecular flexibility index (Phi) is 7.07. The molecular formula is C25H27NO4. The first-order chi connectivity index (χ1) is 14.5. The van der Waals surface area contributed by atoms with Crippen molar-refractivity contribution in [1.29, 1.82) is 0 Å². The summed E-state index contributed by atoms with van der Waals surface area (Å²) in [5.41, 5.74) is 3.26. The number of carbonyl (C=O) groups is 2. The van der Waals surface area contributed by atoms with Crippen molar-refractivity contribution < 1.29 is 19.1 Å². The van der Waals surface area contributed by atoms with Gasteiger partial charge in [-0.05, 0) is 42.7 Å². The molecule has 0 spiro atoms. The zero-order valence-corrected chi connectivity index (χ0v) is 17.7. The predicted octanol–water partition coefficient (Wildman–Crippen LogP) is 4.74. The number of unbranched alkanes of at least 4 members (excludes halogenated alkanes) is 1. The van der Waals surface area contributed by atoms with Gasteiger partial charge in [0.2, 0.25) is 0 Å². The van der Waals surface area contributed by atoms with Crippen LogP contribution in [-0.4, -0.2) is 30.4 Å². The van der Waals surface area contributed by atoms with Gasteiger partial charge >= 0.3 is 5.97 Å². The standard InChI is InChI=1S/C25H27NO4/c1-4-5-15-26-18(2)23(25(28)29-3)22(24(26)27)16-19-11-13-21(14-12-19)30-17-20-9-7-6-8-10-20/h6-14,16H,4-5,15,17H2,1-3H3/b22-16-. The van der Waals surface area contributed by atoms with Gasteiger partial charge in [0.1, 0.15) is 12.4 Å². The Morgan fingerprint density at radius 1 is 1.07 bits per heavy atom. The number of hydrogen-bond donors (Lipinski definition) is 0. The van der Waals surface area contributed by atoms with Crippen molar-refractivity contribution in [3.8, 4) is 5.75 Å². The van der Waals surface area contributed by atoms with Crippen LogP contribution < -0.4 is 4.74 Å². The van der Waals surface area contributed by atoms with Crippen LogP contribution in [0, 0.1) is 0 Å². The fourth-order valence-corrected chi connectivity index (χ4v) is 3.38. The lowest BCUT2D eigenvalue weighted by Gasteiger charge is -2.17. The van der Waals surface area contributed by atoms with Crippen LogP contribution in [0.25, 0.3) is 6.08 Å². The van der Waals surface area contributed by atoms with Crippen molar-refractivity contribution in [2.75, 3.05) is 13.7 Å². The SMILES string of the molecule is CCCCN1C(=O)/C(=C\c2ccc(OCc3ccccc3)cc2)C(C(=O)OC)=C1C. The fraction of sp³-hybridized carbons (Fsp3) is 0.280. The monoisotopic (exact) mass is 405 g/mol. The van der Waals surface area contributed by atoms with Crippen LogP contribution >= 0.6 is 0 Å². The topological polar surface area (TPSA) is 55.8 Å². The van der Waals surface area contributed by atoms with Crippen molar-refractivity contribution in [3.05, 3.63) is 82.6 Å². The van der Waals surface area contributed by atoms with E-state index in [1.165, 1.54) is 7.11 Å². The van der Waals surface area contributed by atoms with Crippen LogP contribution in [0.5, 0.6) is 5.75 Å². The zero-order valence-electron chi connectivity index (χ0n) is 17.7. The van der Waals surface area contributed by atoms with Crippen molar-refractivity contribution in [1.82, 2.24) is 4.90 Å². The van der Waals surface area contributed by atoms with Gasteiger partial charge < -0.3 is 14.4 Å². The lowest BCUT2D eigenvalue weighted by Crippen LogP contribution is -2.26. The van der Waals surface area contributed by atoms with Crippen LogP contribution in [0.1, 0.15) is 37.8 Å². The number of allylic oxidation sites excluding steroid dienone is 1. The van der Waals surface area contributed by atoms with E-state index in [2.05, 4.69) is 6.92 Å². The molecule has 0 bridgehead atoms. The van der Waals surface area contributed by atoms with Gasteiger partial charge in [0.15, 0.2) is 0 Å². The molecule has 30 heavy (non-hydrogen) atoms. The molecule has 5 nitrogen and oxygen atoms in total. The highest BCUT2D eigenvalue weighted by atomic mass is 16.5. The summed E-state index contributed by atoms with van der Waals surface area (Å²) in [4.78, 5) is 27.0. The number of hydrogen-bond acceptors (Lipinski definition) is 4. The maximum Gasteiger partial charge on any atom is 0.340 e. The first-order valence-electron chi connectivity index (χ1n) is 10.1. The summed E-state index contributed by atoms with van der Waals surface area (Å²) in [6.45, 7) is 4.94. The van der Waals surface area contributed by atoms with E-state index in [4.69, 9.17) is 9.47 Å². The van der Waals surface area contributed by atoms with E-state index in [1.54, 1.807) is 17.9 Å². The van der Waals surface area contributed by atoms with Crippen LogP contribution in [0.3, 0.4) is 0 Å². The molecule has 0 N–H and O–H groups in total. The second kappa shape index (κ2) is 9.92. The molecule has 1 aliphatic rings. The molecule has 0 aliphatic carbocycles. The van der Waals surface area contributed by atoms with Gasteiger partial charge in [-0.15, -0.1) is 0 Å². The molecule has 0 unspecified atom stereocenters. The second-order valence-electron chi connectivity index (χ2n) is 7.16. The molecule has 0 saturated carbocycles. The van der Waals surface area contributed by atoms with Crippen LogP contribution in [-0.2, 0) is 20.9 Å². The van der Waals surface area contributed by atoms with E-state index >= 15 is 0 Å². The summed E-state index contributed by atoms with van der Waals surface area (Å²) in [6.07, 6.45) is 3.58. The normalized spacial score (nSPS) is 15.1. The Bertz CT molecular complexity index is 958. The molecule has 2 aromatic carbocycles. The number of ether oxygens (including phenoxy) is 2. The van der Waals surface area contributed by atoms with E-state index in [9.17, 15) is 9.59 Å². The highest BCUT2D eigenvalue weighted by molar-refractivity contribution is 6.16. The van der Waals surface area contributed by atoms with Crippen LogP contribution in [0.2, 0.25) is 0 Å². The molecule has 5 heteroatoms. The molecule has 2 aromatic rings. The number of methoxy groups -OCH3 is 1. The molecule has 1 amide bonds. The first kappa shape index (κ1) is 21.4. The van der Waals surface area contributed by atoms with Crippen molar-refractivity contribution in [2.24, 2.45) is 0 Å². The first-order valence-corrected chi connectivity index (χ1v) is 10.1. The molecule has 156 valence electrons. The Labute approximate surface area is 177 Å². The third-order valence-electron chi connectivity index (χ3n) is 5.08. The van der Waals surface area contributed by atoms with E-state index < -0.39 is 5.97 Å². The molecular weight excluding hydrogens is 378 g/mol. The minimum absolute atomic E-state index is 0.161. The number of amides is 1. The second-order valence-corrected chi connectivity index (χ2v) is 7.16. The molecule has 0 aromatic heterocycles. The van der Waals surface area contributed by atoms with E-state index in [-0.39, 0.29) is 5.91 Å². The molecule has 3 rings (SSSR count). The van der Waals surface area contributed by atoms with Crippen molar-refractivity contribution >= 4 is 18.0 Å². The molecule has 0 saturated heterocycles. The summed E-state index contributed by atoms with van der Waals surface area (Å²) in [6, 6.07) is 17.4. The molecule has 1 aliphatic heterocycles. The average molecular weight is 405 g/mol. The van der Waals surface area contributed by atoms with Gasteiger partial charge in [-0.1, -0.05) is 55.8 Å². The number of carbonyl (C=O) groups excluding carboxylic acids is 2. The van der Waals surface area contributed by atoms with E-state index in [0.29, 0.717) is 30.0 Å². The third kappa shape index (κ3) is 4.79. The maximum atomic E-state index is 13.0.